The van der Waals surface area contributed by atoms with Gasteiger partial charge in [0.05, 0.1) is 5.51 Å². The minimum absolute atomic E-state index is 0.225. The first-order valence-corrected chi connectivity index (χ1v) is 6.10. The van der Waals surface area contributed by atoms with Crippen molar-refractivity contribution in [3.8, 4) is 0 Å². The summed E-state index contributed by atoms with van der Waals surface area (Å²) in [6.07, 6.45) is 1.79. The SMILES string of the molecule is CC(NCc1cncs1)C(=O)OC(C)(C)C. The van der Waals surface area contributed by atoms with Crippen molar-refractivity contribution in [1.82, 2.24) is 10.3 Å². The van der Waals surface area contributed by atoms with Crippen molar-refractivity contribution in [1.29, 1.82) is 0 Å². The van der Waals surface area contributed by atoms with Gasteiger partial charge in [0, 0.05) is 17.6 Å². The largest absolute Gasteiger partial charge is 0.459 e. The van der Waals surface area contributed by atoms with E-state index in [1.807, 2.05) is 20.8 Å². The molecule has 1 rings (SSSR count). The molecule has 0 aliphatic rings. The second-order valence-electron chi connectivity index (χ2n) is 4.60. The number of thiazole rings is 1. The van der Waals surface area contributed by atoms with Crippen LogP contribution in [-0.4, -0.2) is 22.6 Å². The molecule has 0 spiro atoms. The van der Waals surface area contributed by atoms with E-state index in [0.29, 0.717) is 6.54 Å². The Labute approximate surface area is 100 Å². The number of aromatic nitrogens is 1. The van der Waals surface area contributed by atoms with E-state index in [0.717, 1.165) is 4.88 Å². The van der Waals surface area contributed by atoms with Crippen LogP contribution in [0.3, 0.4) is 0 Å². The molecule has 0 amide bonds. The van der Waals surface area contributed by atoms with Crippen LogP contribution in [0, 0.1) is 0 Å². The van der Waals surface area contributed by atoms with E-state index in [-0.39, 0.29) is 12.0 Å². The number of hydrogen-bond donors (Lipinski definition) is 1. The molecule has 1 aromatic rings. The molecule has 4 nitrogen and oxygen atoms in total. The van der Waals surface area contributed by atoms with Gasteiger partial charge in [-0.05, 0) is 27.7 Å². The molecule has 0 aromatic carbocycles. The lowest BCUT2D eigenvalue weighted by Gasteiger charge is -2.22. The normalized spacial score (nSPS) is 13.5. The minimum atomic E-state index is -0.433. The van der Waals surface area contributed by atoms with Crippen LogP contribution in [-0.2, 0) is 16.1 Å². The lowest BCUT2D eigenvalue weighted by Crippen LogP contribution is -2.38. The maximum absolute atomic E-state index is 11.6. The van der Waals surface area contributed by atoms with E-state index in [1.54, 1.807) is 30.0 Å². The lowest BCUT2D eigenvalue weighted by atomic mass is 10.2. The molecule has 1 atom stereocenters. The molecule has 0 fully saturated rings. The Morgan fingerprint density at radius 1 is 1.62 bits per heavy atom. The monoisotopic (exact) mass is 242 g/mol. The summed E-state index contributed by atoms with van der Waals surface area (Å²) in [5, 5.41) is 3.10. The molecule has 1 aromatic heterocycles. The highest BCUT2D eigenvalue weighted by Crippen LogP contribution is 2.09. The highest BCUT2D eigenvalue weighted by atomic mass is 32.1. The summed E-state index contributed by atoms with van der Waals surface area (Å²) in [7, 11) is 0. The molecule has 0 saturated heterocycles. The first kappa shape index (κ1) is 13.1. The number of esters is 1. The van der Waals surface area contributed by atoms with E-state index in [4.69, 9.17) is 4.74 Å². The average molecular weight is 242 g/mol. The molecule has 16 heavy (non-hydrogen) atoms. The Bertz CT molecular complexity index is 330. The zero-order valence-corrected chi connectivity index (χ0v) is 10.9. The van der Waals surface area contributed by atoms with Crippen LogP contribution in [0.1, 0.15) is 32.6 Å². The molecule has 0 aliphatic heterocycles. The molecular weight excluding hydrogens is 224 g/mol. The standard InChI is InChI=1S/C11H18N2O2S/c1-8(10(14)15-11(2,3)4)13-6-9-5-12-7-16-9/h5,7-8,13H,6H2,1-4H3. The summed E-state index contributed by atoms with van der Waals surface area (Å²) < 4.78 is 5.26. The molecular formula is C11H18N2O2S. The van der Waals surface area contributed by atoms with Crippen molar-refractivity contribution in [2.24, 2.45) is 0 Å². The smallest absolute Gasteiger partial charge is 0.323 e. The second kappa shape index (κ2) is 5.41. The van der Waals surface area contributed by atoms with E-state index in [9.17, 15) is 4.79 Å². The molecule has 0 saturated carbocycles. The van der Waals surface area contributed by atoms with Crippen molar-refractivity contribution in [2.75, 3.05) is 0 Å². The Morgan fingerprint density at radius 2 is 2.31 bits per heavy atom. The van der Waals surface area contributed by atoms with Crippen LogP contribution in [0.4, 0.5) is 0 Å². The van der Waals surface area contributed by atoms with Gasteiger partial charge in [-0.15, -0.1) is 11.3 Å². The molecule has 90 valence electrons. The Hall–Kier alpha value is -0.940. The van der Waals surface area contributed by atoms with Crippen LogP contribution >= 0.6 is 11.3 Å². The summed E-state index contributed by atoms with van der Waals surface area (Å²) in [5.41, 5.74) is 1.34. The first-order chi connectivity index (χ1) is 7.38. The van der Waals surface area contributed by atoms with Gasteiger partial charge in [0.2, 0.25) is 0 Å². The molecule has 1 unspecified atom stereocenters. The van der Waals surface area contributed by atoms with Gasteiger partial charge in [-0.25, -0.2) is 0 Å². The Balaban J connectivity index is 2.35. The number of nitrogens with zero attached hydrogens (tertiary/aromatic N) is 1. The number of carbonyl (C=O) groups excluding carboxylic acids is 1. The fourth-order valence-corrected chi connectivity index (χ4v) is 1.60. The zero-order chi connectivity index (χ0) is 12.2. The van der Waals surface area contributed by atoms with Gasteiger partial charge >= 0.3 is 5.97 Å². The number of carbonyl (C=O) groups is 1. The Morgan fingerprint density at radius 3 is 2.81 bits per heavy atom. The summed E-state index contributed by atoms with van der Waals surface area (Å²) in [6.45, 7) is 8.03. The van der Waals surface area contributed by atoms with Crippen LogP contribution < -0.4 is 5.32 Å². The van der Waals surface area contributed by atoms with Gasteiger partial charge < -0.3 is 4.74 Å². The van der Waals surface area contributed by atoms with E-state index in [1.165, 1.54) is 0 Å². The topological polar surface area (TPSA) is 51.2 Å². The highest BCUT2D eigenvalue weighted by molar-refractivity contribution is 7.09. The van der Waals surface area contributed by atoms with Gasteiger partial charge in [0.15, 0.2) is 0 Å². The van der Waals surface area contributed by atoms with Crippen LogP contribution in [0.5, 0.6) is 0 Å². The van der Waals surface area contributed by atoms with Crippen LogP contribution in [0.25, 0.3) is 0 Å². The van der Waals surface area contributed by atoms with Crippen molar-refractivity contribution >= 4 is 17.3 Å². The predicted molar refractivity (Wildman–Crippen MR) is 64.3 cm³/mol. The number of ether oxygens (including phenoxy) is 1. The zero-order valence-electron chi connectivity index (χ0n) is 10.1. The first-order valence-electron chi connectivity index (χ1n) is 5.22. The van der Waals surface area contributed by atoms with Gasteiger partial charge in [-0.1, -0.05) is 0 Å². The van der Waals surface area contributed by atoms with Gasteiger partial charge in [0.1, 0.15) is 11.6 Å². The number of hydrogen-bond acceptors (Lipinski definition) is 5. The second-order valence-corrected chi connectivity index (χ2v) is 5.57. The van der Waals surface area contributed by atoms with Crippen molar-refractivity contribution in [3.63, 3.8) is 0 Å². The summed E-state index contributed by atoms with van der Waals surface area (Å²) in [5.74, 6) is -0.225. The van der Waals surface area contributed by atoms with Crippen LogP contribution in [0.2, 0.25) is 0 Å². The van der Waals surface area contributed by atoms with E-state index >= 15 is 0 Å². The van der Waals surface area contributed by atoms with Gasteiger partial charge in [-0.2, -0.15) is 0 Å². The highest BCUT2D eigenvalue weighted by Gasteiger charge is 2.21. The van der Waals surface area contributed by atoms with E-state index < -0.39 is 5.60 Å². The Kier molecular flexibility index (Phi) is 4.44. The number of rotatable bonds is 4. The quantitative estimate of drug-likeness (QED) is 0.820. The van der Waals surface area contributed by atoms with Crippen molar-refractivity contribution in [3.05, 3.63) is 16.6 Å². The van der Waals surface area contributed by atoms with Crippen LogP contribution in [0.15, 0.2) is 11.7 Å². The summed E-state index contributed by atoms with van der Waals surface area (Å²) >= 11 is 1.56. The molecule has 1 heterocycles. The molecule has 0 bridgehead atoms. The van der Waals surface area contributed by atoms with E-state index in [2.05, 4.69) is 10.3 Å². The molecule has 1 N–H and O–H groups in total. The van der Waals surface area contributed by atoms with Gasteiger partial charge in [0.25, 0.3) is 0 Å². The lowest BCUT2D eigenvalue weighted by molar-refractivity contribution is -0.157. The third-order valence-corrected chi connectivity index (χ3v) is 2.61. The maximum Gasteiger partial charge on any atom is 0.323 e. The number of nitrogens with one attached hydrogen (secondary N) is 1. The third-order valence-electron chi connectivity index (χ3n) is 1.83. The maximum atomic E-state index is 11.6. The van der Waals surface area contributed by atoms with Gasteiger partial charge in [-0.3, -0.25) is 15.1 Å². The van der Waals surface area contributed by atoms with Crippen molar-refractivity contribution < 1.29 is 9.53 Å². The van der Waals surface area contributed by atoms with Crippen molar-refractivity contribution in [2.45, 2.75) is 45.9 Å². The average Bonchev–Trinajstić information content (AvgIpc) is 2.63. The molecule has 0 aliphatic carbocycles. The molecule has 5 heteroatoms. The molecule has 0 radical (unpaired) electrons. The fourth-order valence-electron chi connectivity index (χ4n) is 1.06. The summed E-state index contributed by atoms with van der Waals surface area (Å²) in [4.78, 5) is 16.7. The third kappa shape index (κ3) is 4.72. The fraction of sp³-hybridized carbons (Fsp3) is 0.636. The predicted octanol–water partition coefficient (Wildman–Crippen LogP) is 1.96. The minimum Gasteiger partial charge on any atom is -0.459 e. The summed E-state index contributed by atoms with van der Waals surface area (Å²) in [6, 6.07) is -0.304.